The average Bonchev–Trinajstić information content (AvgIpc) is 3.39. The number of benzene rings is 1. The van der Waals surface area contributed by atoms with E-state index in [1.807, 2.05) is 58.7 Å². The lowest BCUT2D eigenvalue weighted by atomic mass is 10.2. The van der Waals surface area contributed by atoms with Crippen LogP contribution in [0.3, 0.4) is 0 Å². The van der Waals surface area contributed by atoms with Crippen LogP contribution in [0.25, 0.3) is 5.65 Å². The Hall–Kier alpha value is -3.61. The van der Waals surface area contributed by atoms with Crippen molar-refractivity contribution in [2.24, 2.45) is 5.92 Å². The van der Waals surface area contributed by atoms with Gasteiger partial charge in [-0.05, 0) is 62.4 Å². The highest BCUT2D eigenvalue weighted by atomic mass is 16.5. The largest absolute Gasteiger partial charge is 0.487 e. The predicted molar refractivity (Wildman–Crippen MR) is 118 cm³/mol. The van der Waals surface area contributed by atoms with E-state index < -0.39 is 0 Å². The van der Waals surface area contributed by atoms with Gasteiger partial charge in [0.25, 0.3) is 5.91 Å². The second kappa shape index (κ2) is 7.91. The number of rotatable bonds is 7. The number of anilines is 1. The second-order valence-corrected chi connectivity index (χ2v) is 8.21. The van der Waals surface area contributed by atoms with E-state index in [2.05, 4.69) is 22.3 Å². The Labute approximate surface area is 180 Å². The van der Waals surface area contributed by atoms with Crippen LogP contribution in [0.2, 0.25) is 0 Å². The lowest BCUT2D eigenvalue weighted by Crippen LogP contribution is -2.18. The Bertz CT molecular complexity index is 1240. The minimum absolute atomic E-state index is 0.182. The number of pyridine rings is 1. The molecule has 3 heterocycles. The van der Waals surface area contributed by atoms with Crippen LogP contribution < -0.4 is 10.1 Å². The summed E-state index contributed by atoms with van der Waals surface area (Å²) in [6, 6.07) is 13.3. The fourth-order valence-corrected chi connectivity index (χ4v) is 3.81. The molecule has 3 aromatic heterocycles. The number of hydrogen-bond donors (Lipinski definition) is 1. The summed E-state index contributed by atoms with van der Waals surface area (Å²) in [5, 5.41) is 7.38. The molecule has 0 bridgehead atoms. The molecule has 1 amide bonds. The molecule has 4 aromatic rings. The molecule has 7 nitrogen and oxygen atoms in total. The van der Waals surface area contributed by atoms with Crippen molar-refractivity contribution in [3.8, 4) is 5.75 Å². The minimum atomic E-state index is -0.182. The molecule has 1 fully saturated rings. The van der Waals surface area contributed by atoms with Crippen LogP contribution in [0, 0.1) is 12.8 Å². The third-order valence-corrected chi connectivity index (χ3v) is 5.73. The van der Waals surface area contributed by atoms with E-state index in [0.29, 0.717) is 23.8 Å². The molecule has 1 unspecified atom stereocenters. The fourth-order valence-electron chi connectivity index (χ4n) is 3.81. The van der Waals surface area contributed by atoms with Crippen molar-refractivity contribution in [2.75, 3.05) is 5.32 Å². The van der Waals surface area contributed by atoms with Gasteiger partial charge in [0.15, 0.2) is 0 Å². The van der Waals surface area contributed by atoms with E-state index in [1.54, 1.807) is 18.3 Å². The number of amides is 1. The molecule has 7 heteroatoms. The van der Waals surface area contributed by atoms with E-state index in [9.17, 15) is 4.79 Å². The molecule has 1 aromatic carbocycles. The van der Waals surface area contributed by atoms with Crippen LogP contribution >= 0.6 is 0 Å². The van der Waals surface area contributed by atoms with E-state index in [-0.39, 0.29) is 11.9 Å². The third kappa shape index (κ3) is 4.17. The highest BCUT2D eigenvalue weighted by Crippen LogP contribution is 2.40. The van der Waals surface area contributed by atoms with Crippen LogP contribution in [0.1, 0.15) is 47.4 Å². The number of aromatic nitrogens is 4. The van der Waals surface area contributed by atoms with Gasteiger partial charge in [0, 0.05) is 24.0 Å². The Morgan fingerprint density at radius 3 is 2.94 bits per heavy atom. The number of imidazole rings is 1. The molecule has 1 aliphatic rings. The van der Waals surface area contributed by atoms with Gasteiger partial charge in [-0.25, -0.2) is 9.67 Å². The zero-order valence-electron chi connectivity index (χ0n) is 17.7. The van der Waals surface area contributed by atoms with Gasteiger partial charge in [-0.1, -0.05) is 12.1 Å². The van der Waals surface area contributed by atoms with Gasteiger partial charge < -0.3 is 14.5 Å². The standard InChI is InChI=1S/C24H25N5O2/c1-16-6-9-22-26-20(14-28(22)13-16)15-31-21-5-3-4-19(12-21)24(30)27-23-10-11-25-29(23)17(2)18-7-8-18/h3-6,9-14,17-18H,7-8,15H2,1-2H3,(H,27,30). The molecule has 31 heavy (non-hydrogen) atoms. The first-order chi connectivity index (χ1) is 15.1. The van der Waals surface area contributed by atoms with Gasteiger partial charge in [0.05, 0.1) is 17.9 Å². The maximum Gasteiger partial charge on any atom is 0.256 e. The Morgan fingerprint density at radius 2 is 2.10 bits per heavy atom. The van der Waals surface area contributed by atoms with Crippen LogP contribution in [0.5, 0.6) is 5.75 Å². The van der Waals surface area contributed by atoms with Gasteiger partial charge >= 0.3 is 0 Å². The quantitative estimate of drug-likeness (QED) is 0.477. The first-order valence-electron chi connectivity index (χ1n) is 10.6. The van der Waals surface area contributed by atoms with E-state index in [0.717, 1.165) is 17.2 Å². The van der Waals surface area contributed by atoms with Gasteiger partial charge in [-0.3, -0.25) is 4.79 Å². The molecule has 0 spiro atoms. The van der Waals surface area contributed by atoms with E-state index in [1.165, 1.54) is 18.4 Å². The average molecular weight is 415 g/mol. The van der Waals surface area contributed by atoms with Gasteiger partial charge in [0.1, 0.15) is 23.8 Å². The minimum Gasteiger partial charge on any atom is -0.487 e. The number of nitrogens with one attached hydrogen (secondary N) is 1. The summed E-state index contributed by atoms with van der Waals surface area (Å²) in [5.41, 5.74) is 3.42. The number of hydrogen-bond acceptors (Lipinski definition) is 4. The number of aryl methyl sites for hydroxylation is 1. The van der Waals surface area contributed by atoms with Gasteiger partial charge in [-0.2, -0.15) is 5.10 Å². The monoisotopic (exact) mass is 415 g/mol. The van der Waals surface area contributed by atoms with Crippen LogP contribution in [-0.2, 0) is 6.61 Å². The molecule has 5 rings (SSSR count). The summed E-state index contributed by atoms with van der Waals surface area (Å²) in [6.07, 6.45) is 8.16. The molecule has 1 atom stereocenters. The van der Waals surface area contributed by atoms with Gasteiger partial charge in [0.2, 0.25) is 0 Å². The lowest BCUT2D eigenvalue weighted by Gasteiger charge is -2.15. The molecular formula is C24H25N5O2. The summed E-state index contributed by atoms with van der Waals surface area (Å²) in [4.78, 5) is 17.4. The molecule has 1 saturated carbocycles. The van der Waals surface area contributed by atoms with E-state index in [4.69, 9.17) is 4.74 Å². The van der Waals surface area contributed by atoms with Crippen LogP contribution in [0.15, 0.2) is 61.1 Å². The van der Waals surface area contributed by atoms with Gasteiger partial charge in [-0.15, -0.1) is 0 Å². The number of fused-ring (bicyclic) bond motifs is 1. The zero-order valence-corrected chi connectivity index (χ0v) is 17.7. The van der Waals surface area contributed by atoms with Crippen molar-refractivity contribution in [2.45, 2.75) is 39.3 Å². The fraction of sp³-hybridized carbons (Fsp3) is 0.292. The zero-order chi connectivity index (χ0) is 21.4. The van der Waals surface area contributed by atoms with E-state index >= 15 is 0 Å². The SMILES string of the molecule is Cc1ccc2nc(COc3cccc(C(=O)Nc4ccnn4C(C)C4CC4)c3)cn2c1. The lowest BCUT2D eigenvalue weighted by molar-refractivity contribution is 0.102. The second-order valence-electron chi connectivity index (χ2n) is 8.21. The van der Waals surface area contributed by atoms with Crippen LogP contribution in [-0.4, -0.2) is 25.1 Å². The Morgan fingerprint density at radius 1 is 1.23 bits per heavy atom. The summed E-state index contributed by atoms with van der Waals surface area (Å²) in [6.45, 7) is 4.53. The van der Waals surface area contributed by atoms with Crippen molar-refractivity contribution in [3.05, 3.63) is 77.9 Å². The van der Waals surface area contributed by atoms with Crippen molar-refractivity contribution in [3.63, 3.8) is 0 Å². The smallest absolute Gasteiger partial charge is 0.256 e. The maximum atomic E-state index is 12.8. The summed E-state index contributed by atoms with van der Waals surface area (Å²) < 4.78 is 9.80. The van der Waals surface area contributed by atoms with Crippen molar-refractivity contribution < 1.29 is 9.53 Å². The Balaban J connectivity index is 1.26. The highest BCUT2D eigenvalue weighted by molar-refractivity contribution is 6.04. The molecular weight excluding hydrogens is 390 g/mol. The molecule has 158 valence electrons. The topological polar surface area (TPSA) is 73.4 Å². The molecule has 0 aliphatic heterocycles. The predicted octanol–water partition coefficient (Wildman–Crippen LogP) is 4.64. The number of carbonyl (C=O) groups excluding carboxylic acids is 1. The molecule has 1 N–H and O–H groups in total. The number of ether oxygens (including phenoxy) is 1. The normalized spacial score (nSPS) is 14.5. The van der Waals surface area contributed by atoms with Crippen molar-refractivity contribution >= 4 is 17.4 Å². The first kappa shape index (κ1) is 19.4. The highest BCUT2D eigenvalue weighted by Gasteiger charge is 2.30. The van der Waals surface area contributed by atoms with Crippen molar-refractivity contribution in [1.82, 2.24) is 19.2 Å². The summed E-state index contributed by atoms with van der Waals surface area (Å²) >= 11 is 0. The molecule has 0 saturated heterocycles. The van der Waals surface area contributed by atoms with Crippen molar-refractivity contribution in [1.29, 1.82) is 0 Å². The molecule has 0 radical (unpaired) electrons. The first-order valence-corrected chi connectivity index (χ1v) is 10.6. The summed E-state index contributed by atoms with van der Waals surface area (Å²) in [5.74, 6) is 1.81. The number of nitrogens with zero attached hydrogens (tertiary/aromatic N) is 4. The third-order valence-electron chi connectivity index (χ3n) is 5.73. The Kier molecular flexibility index (Phi) is 4.94. The van der Waals surface area contributed by atoms with Crippen LogP contribution in [0.4, 0.5) is 5.82 Å². The molecule has 1 aliphatic carbocycles. The summed E-state index contributed by atoms with van der Waals surface area (Å²) in [7, 11) is 0. The number of carbonyl (C=O) groups is 1. The maximum absolute atomic E-state index is 12.8.